The van der Waals surface area contributed by atoms with Gasteiger partial charge >= 0.3 is 0 Å². The zero-order valence-electron chi connectivity index (χ0n) is 16.9. The highest BCUT2D eigenvalue weighted by molar-refractivity contribution is 7.90. The molecule has 29 heavy (non-hydrogen) atoms. The van der Waals surface area contributed by atoms with Crippen molar-refractivity contribution in [2.24, 2.45) is 5.10 Å². The fourth-order valence-corrected chi connectivity index (χ4v) is 3.94. The zero-order chi connectivity index (χ0) is 20.8. The van der Waals surface area contributed by atoms with E-state index in [-0.39, 0.29) is 11.1 Å². The third-order valence-corrected chi connectivity index (χ3v) is 5.93. The molecular weight excluding hydrogens is 388 g/mol. The van der Waals surface area contributed by atoms with Gasteiger partial charge in [0.2, 0.25) is 15.0 Å². The summed E-state index contributed by atoms with van der Waals surface area (Å²) in [6.07, 6.45) is 7.38. The Morgan fingerprint density at radius 1 is 1.28 bits per heavy atom. The van der Waals surface area contributed by atoms with Gasteiger partial charge in [0, 0.05) is 60.0 Å². The van der Waals surface area contributed by atoms with Crippen molar-refractivity contribution in [1.82, 2.24) is 24.9 Å². The van der Waals surface area contributed by atoms with Gasteiger partial charge in [-0.1, -0.05) is 6.92 Å². The number of aromatic nitrogens is 4. The zero-order valence-corrected chi connectivity index (χ0v) is 17.7. The van der Waals surface area contributed by atoms with Gasteiger partial charge in [0.05, 0.1) is 5.69 Å². The van der Waals surface area contributed by atoms with Crippen molar-refractivity contribution in [3.8, 4) is 11.3 Å². The lowest BCUT2D eigenvalue weighted by atomic mass is 10.0. The summed E-state index contributed by atoms with van der Waals surface area (Å²) in [5.74, 6) is 0.167. The largest absolute Gasteiger partial charge is 0.345 e. The molecule has 152 valence electrons. The van der Waals surface area contributed by atoms with E-state index in [1.165, 1.54) is 0 Å². The molecule has 1 aliphatic heterocycles. The average Bonchev–Trinajstić information content (AvgIpc) is 3.33. The van der Waals surface area contributed by atoms with E-state index in [0.717, 1.165) is 35.0 Å². The molecule has 0 spiro atoms. The number of H-pyrrole nitrogens is 1. The topological polar surface area (TPSA) is 104 Å². The quantitative estimate of drug-likeness (QED) is 0.646. The van der Waals surface area contributed by atoms with Crippen molar-refractivity contribution >= 4 is 27.1 Å². The van der Waals surface area contributed by atoms with Gasteiger partial charge < -0.3 is 4.98 Å². The number of sulfone groups is 1. The summed E-state index contributed by atoms with van der Waals surface area (Å²) in [4.78, 5) is 16.2. The van der Waals surface area contributed by atoms with E-state index >= 15 is 0 Å². The Morgan fingerprint density at radius 3 is 2.72 bits per heavy atom. The first-order valence-corrected chi connectivity index (χ1v) is 11.5. The Labute approximate surface area is 170 Å². The first-order valence-electron chi connectivity index (χ1n) is 9.62. The molecule has 0 aliphatic carbocycles. The number of nitrogens with zero attached hydrogens (tertiary/aromatic N) is 5. The molecule has 1 atom stereocenters. The summed E-state index contributed by atoms with van der Waals surface area (Å²) in [6.45, 7) is 6.99. The lowest BCUT2D eigenvalue weighted by Gasteiger charge is -2.19. The first kappa shape index (κ1) is 19.5. The van der Waals surface area contributed by atoms with Crippen molar-refractivity contribution in [3.05, 3.63) is 35.8 Å². The highest BCUT2D eigenvalue weighted by Crippen LogP contribution is 2.31. The van der Waals surface area contributed by atoms with Crippen molar-refractivity contribution in [2.75, 3.05) is 12.8 Å². The molecular formula is C20H24N6O2S. The number of hydrogen-bond donors (Lipinski definition) is 1. The molecule has 3 aromatic heterocycles. The smallest absolute Gasteiger partial charge is 0.247 e. The molecule has 1 aliphatic rings. The van der Waals surface area contributed by atoms with Crippen molar-refractivity contribution < 1.29 is 8.42 Å². The predicted molar refractivity (Wildman–Crippen MR) is 113 cm³/mol. The second-order valence-corrected chi connectivity index (χ2v) is 9.52. The molecule has 0 bridgehead atoms. The average molecular weight is 413 g/mol. The van der Waals surface area contributed by atoms with Crippen LogP contribution in [-0.2, 0) is 16.3 Å². The Balaban J connectivity index is 1.79. The predicted octanol–water partition coefficient (Wildman–Crippen LogP) is 2.78. The van der Waals surface area contributed by atoms with Crippen LogP contribution in [0.2, 0.25) is 0 Å². The normalized spacial score (nSPS) is 17.0. The summed E-state index contributed by atoms with van der Waals surface area (Å²) in [5, 5.41) is 7.30. The van der Waals surface area contributed by atoms with Crippen LogP contribution >= 0.6 is 0 Å². The van der Waals surface area contributed by atoms with Crippen LogP contribution in [0, 0.1) is 0 Å². The number of hydrogen-bond acceptors (Lipinski definition) is 7. The van der Waals surface area contributed by atoms with Gasteiger partial charge in [-0.2, -0.15) is 5.10 Å². The number of fused-ring (bicyclic) bond motifs is 1. The van der Waals surface area contributed by atoms with Crippen LogP contribution in [0.1, 0.15) is 37.9 Å². The molecule has 0 saturated carbocycles. The molecule has 1 N–H and O–H groups in total. The van der Waals surface area contributed by atoms with Crippen LogP contribution in [0.3, 0.4) is 0 Å². The van der Waals surface area contributed by atoms with E-state index in [9.17, 15) is 8.42 Å². The van der Waals surface area contributed by atoms with E-state index in [0.29, 0.717) is 23.9 Å². The van der Waals surface area contributed by atoms with Gasteiger partial charge in [-0.05, 0) is 38.0 Å². The fourth-order valence-electron chi connectivity index (χ4n) is 3.39. The molecule has 9 heteroatoms. The van der Waals surface area contributed by atoms with Crippen molar-refractivity contribution in [1.29, 1.82) is 0 Å². The molecule has 0 fully saturated rings. The third-order valence-electron chi connectivity index (χ3n) is 5.08. The van der Waals surface area contributed by atoms with E-state index in [4.69, 9.17) is 0 Å². The maximum Gasteiger partial charge on any atom is 0.247 e. The van der Waals surface area contributed by atoms with Gasteiger partial charge in [0.1, 0.15) is 5.65 Å². The SMILES string of the molecule is CCc1cc(-c2c[nH]c3ncc(C4C=NN(C(C)C)C4)cc23)nc(S(C)(=O)=O)n1. The molecule has 0 saturated heterocycles. The maximum absolute atomic E-state index is 12.0. The lowest BCUT2D eigenvalue weighted by molar-refractivity contribution is 0.251. The van der Waals surface area contributed by atoms with Crippen LogP contribution in [0.15, 0.2) is 34.8 Å². The molecule has 4 heterocycles. The minimum Gasteiger partial charge on any atom is -0.345 e. The van der Waals surface area contributed by atoms with E-state index in [2.05, 4.69) is 50.0 Å². The van der Waals surface area contributed by atoms with Gasteiger partial charge in [-0.15, -0.1) is 0 Å². The summed E-state index contributed by atoms with van der Waals surface area (Å²) in [6, 6.07) is 4.27. The van der Waals surface area contributed by atoms with Gasteiger partial charge in [-0.25, -0.2) is 23.4 Å². The molecule has 8 nitrogen and oxygen atoms in total. The summed E-state index contributed by atoms with van der Waals surface area (Å²) < 4.78 is 24.1. The molecule has 0 radical (unpaired) electrons. The van der Waals surface area contributed by atoms with Crippen LogP contribution in [0.5, 0.6) is 0 Å². The Kier molecular flexibility index (Phi) is 4.85. The first-order chi connectivity index (χ1) is 13.8. The number of rotatable bonds is 5. The molecule has 3 aromatic rings. The molecule has 1 unspecified atom stereocenters. The number of aryl methyl sites for hydroxylation is 1. The van der Waals surface area contributed by atoms with Crippen LogP contribution in [-0.4, -0.2) is 58.4 Å². The monoisotopic (exact) mass is 412 g/mol. The Hall–Kier alpha value is -2.81. The summed E-state index contributed by atoms with van der Waals surface area (Å²) in [5.41, 5.74) is 3.87. The Morgan fingerprint density at radius 2 is 2.07 bits per heavy atom. The lowest BCUT2D eigenvalue weighted by Crippen LogP contribution is -2.24. The fraction of sp³-hybridized carbons (Fsp3) is 0.400. The van der Waals surface area contributed by atoms with Crippen LogP contribution in [0.25, 0.3) is 22.3 Å². The summed E-state index contributed by atoms with van der Waals surface area (Å²) >= 11 is 0. The number of aromatic amines is 1. The minimum absolute atomic E-state index is 0.152. The van der Waals surface area contributed by atoms with E-state index < -0.39 is 9.84 Å². The number of hydrazone groups is 1. The van der Waals surface area contributed by atoms with Crippen molar-refractivity contribution in [3.63, 3.8) is 0 Å². The van der Waals surface area contributed by atoms with E-state index in [1.54, 1.807) is 0 Å². The highest BCUT2D eigenvalue weighted by atomic mass is 32.2. The molecule has 0 amide bonds. The standard InChI is InChI=1S/C20H24N6O2S/c1-5-15-7-18(25-20(24-15)29(4,27)28)17-10-22-19-16(17)6-13(8-21-19)14-9-23-26(11-14)12(2)3/h6-10,12,14H,5,11H2,1-4H3,(H,21,22). The number of nitrogens with one attached hydrogen (secondary N) is 1. The minimum atomic E-state index is -3.51. The van der Waals surface area contributed by atoms with E-state index in [1.807, 2.05) is 31.6 Å². The number of pyridine rings is 1. The highest BCUT2D eigenvalue weighted by Gasteiger charge is 2.23. The third kappa shape index (κ3) is 3.74. The van der Waals surface area contributed by atoms with Gasteiger partial charge in [0.15, 0.2) is 0 Å². The Bertz CT molecular complexity index is 1200. The molecule has 0 aromatic carbocycles. The molecule has 4 rings (SSSR count). The van der Waals surface area contributed by atoms with Crippen LogP contribution in [0.4, 0.5) is 0 Å². The van der Waals surface area contributed by atoms with Crippen LogP contribution < -0.4 is 0 Å². The van der Waals surface area contributed by atoms with Crippen molar-refractivity contribution in [2.45, 2.75) is 44.3 Å². The maximum atomic E-state index is 12.0. The second kappa shape index (κ2) is 7.22. The van der Waals surface area contributed by atoms with Gasteiger partial charge in [-0.3, -0.25) is 5.01 Å². The van der Waals surface area contributed by atoms with Gasteiger partial charge in [0.25, 0.3) is 0 Å². The summed E-state index contributed by atoms with van der Waals surface area (Å²) in [7, 11) is -3.51. The second-order valence-electron chi connectivity index (χ2n) is 7.61.